The van der Waals surface area contributed by atoms with E-state index in [1.807, 2.05) is 18.2 Å². The zero-order valence-corrected chi connectivity index (χ0v) is 16.5. The van der Waals surface area contributed by atoms with E-state index in [-0.39, 0.29) is 29.1 Å². The third kappa shape index (κ3) is 4.44. The first-order valence-electron chi connectivity index (χ1n) is 8.92. The van der Waals surface area contributed by atoms with Gasteiger partial charge in [-0.25, -0.2) is 18.4 Å². The van der Waals surface area contributed by atoms with Crippen molar-refractivity contribution >= 4 is 27.2 Å². The topological polar surface area (TPSA) is 92.3 Å². The van der Waals surface area contributed by atoms with Crippen LogP contribution in [0.25, 0.3) is 0 Å². The Morgan fingerprint density at radius 2 is 2.00 bits per heavy atom. The van der Waals surface area contributed by atoms with E-state index in [2.05, 4.69) is 35.2 Å². The van der Waals surface area contributed by atoms with Crippen molar-refractivity contribution in [2.75, 3.05) is 23.9 Å². The van der Waals surface area contributed by atoms with Gasteiger partial charge in [0.05, 0.1) is 11.5 Å². The number of anilines is 2. The van der Waals surface area contributed by atoms with Crippen molar-refractivity contribution in [3.63, 3.8) is 0 Å². The van der Waals surface area contributed by atoms with Crippen LogP contribution in [0, 0.1) is 0 Å². The largest absolute Gasteiger partial charge is 0.340 e. The van der Waals surface area contributed by atoms with Crippen LogP contribution in [-0.2, 0) is 9.84 Å². The first-order chi connectivity index (χ1) is 12.8. The standard InChI is InChI=1S/C19H24N4O3S/c1-13(2)15-6-4-5-7-16(15)22-18-10-17(20-12-21-18)19(24)23(3)14-8-9-27(25,26)11-14/h4-7,10,12-14H,8-9,11H2,1-3H3,(H,20,21,22). The second kappa shape index (κ2) is 7.64. The van der Waals surface area contributed by atoms with Crippen molar-refractivity contribution in [3.05, 3.63) is 47.9 Å². The van der Waals surface area contributed by atoms with Crippen molar-refractivity contribution in [1.82, 2.24) is 14.9 Å². The predicted octanol–water partition coefficient (Wildman–Crippen LogP) is 2.60. The molecule has 2 aromatic rings. The van der Waals surface area contributed by atoms with Gasteiger partial charge in [0.25, 0.3) is 5.91 Å². The van der Waals surface area contributed by atoms with Gasteiger partial charge < -0.3 is 10.2 Å². The third-order valence-electron chi connectivity index (χ3n) is 4.81. The van der Waals surface area contributed by atoms with Crippen molar-refractivity contribution in [3.8, 4) is 0 Å². The highest BCUT2D eigenvalue weighted by atomic mass is 32.2. The summed E-state index contributed by atoms with van der Waals surface area (Å²) in [5.74, 6) is 0.686. The van der Waals surface area contributed by atoms with Crippen molar-refractivity contribution in [2.24, 2.45) is 0 Å². The van der Waals surface area contributed by atoms with Crippen LogP contribution in [0.2, 0.25) is 0 Å². The molecular formula is C19H24N4O3S. The molecule has 0 radical (unpaired) electrons. The van der Waals surface area contributed by atoms with Gasteiger partial charge >= 0.3 is 0 Å². The zero-order valence-electron chi connectivity index (χ0n) is 15.7. The average molecular weight is 388 g/mol. The summed E-state index contributed by atoms with van der Waals surface area (Å²) in [4.78, 5) is 22.5. The van der Waals surface area contributed by atoms with Gasteiger partial charge in [0.2, 0.25) is 0 Å². The fourth-order valence-electron chi connectivity index (χ4n) is 3.22. The van der Waals surface area contributed by atoms with Crippen LogP contribution in [-0.4, -0.2) is 53.8 Å². The van der Waals surface area contributed by atoms with Crippen molar-refractivity contribution in [1.29, 1.82) is 0 Å². The van der Waals surface area contributed by atoms with E-state index >= 15 is 0 Å². The normalized spacial score (nSPS) is 18.4. The van der Waals surface area contributed by atoms with Crippen LogP contribution in [0.4, 0.5) is 11.5 Å². The molecule has 7 nitrogen and oxygen atoms in total. The molecule has 3 rings (SSSR count). The highest BCUT2D eigenvalue weighted by Gasteiger charge is 2.33. The average Bonchev–Trinajstić information content (AvgIpc) is 3.01. The first-order valence-corrected chi connectivity index (χ1v) is 10.7. The molecule has 27 heavy (non-hydrogen) atoms. The summed E-state index contributed by atoms with van der Waals surface area (Å²) in [7, 11) is -1.43. The Bertz CT molecular complexity index is 943. The quantitative estimate of drug-likeness (QED) is 0.846. The van der Waals surface area contributed by atoms with Gasteiger partial charge in [-0.1, -0.05) is 32.0 Å². The zero-order chi connectivity index (χ0) is 19.6. The lowest BCUT2D eigenvalue weighted by Crippen LogP contribution is -2.38. The van der Waals surface area contributed by atoms with Gasteiger partial charge in [0, 0.05) is 24.8 Å². The van der Waals surface area contributed by atoms with Crippen LogP contribution >= 0.6 is 0 Å². The minimum atomic E-state index is -3.06. The summed E-state index contributed by atoms with van der Waals surface area (Å²) >= 11 is 0. The molecule has 0 spiro atoms. The second-order valence-corrected chi connectivity index (χ2v) is 9.36. The van der Waals surface area contributed by atoms with Crippen LogP contribution in [0.15, 0.2) is 36.7 Å². The molecular weight excluding hydrogens is 364 g/mol. The number of aromatic nitrogens is 2. The minimum Gasteiger partial charge on any atom is -0.340 e. The lowest BCUT2D eigenvalue weighted by Gasteiger charge is -2.23. The van der Waals surface area contributed by atoms with Crippen molar-refractivity contribution < 1.29 is 13.2 Å². The Morgan fingerprint density at radius 3 is 2.67 bits per heavy atom. The van der Waals surface area contributed by atoms with E-state index in [0.717, 1.165) is 11.3 Å². The molecule has 1 saturated heterocycles. The van der Waals surface area contributed by atoms with Gasteiger partial charge in [0.15, 0.2) is 9.84 Å². The lowest BCUT2D eigenvalue weighted by atomic mass is 10.0. The second-order valence-electron chi connectivity index (χ2n) is 7.13. The number of carbonyl (C=O) groups excluding carboxylic acids is 1. The molecule has 1 fully saturated rings. The van der Waals surface area contributed by atoms with Crippen LogP contribution in [0.5, 0.6) is 0 Å². The number of hydrogen-bond acceptors (Lipinski definition) is 6. The van der Waals surface area contributed by atoms with Crippen molar-refractivity contribution in [2.45, 2.75) is 32.2 Å². The lowest BCUT2D eigenvalue weighted by molar-refractivity contribution is 0.0741. The molecule has 1 aliphatic heterocycles. The fourth-order valence-corrected chi connectivity index (χ4v) is 5.00. The monoisotopic (exact) mass is 388 g/mol. The molecule has 1 aliphatic rings. The van der Waals surface area contributed by atoms with E-state index in [1.54, 1.807) is 13.1 Å². The van der Waals surface area contributed by atoms with Gasteiger partial charge in [-0.2, -0.15) is 0 Å². The fraction of sp³-hybridized carbons (Fsp3) is 0.421. The summed E-state index contributed by atoms with van der Waals surface area (Å²) < 4.78 is 23.4. The van der Waals surface area contributed by atoms with E-state index < -0.39 is 9.84 Å². The summed E-state index contributed by atoms with van der Waals surface area (Å²) in [5.41, 5.74) is 2.32. The first kappa shape index (κ1) is 19.3. The highest BCUT2D eigenvalue weighted by molar-refractivity contribution is 7.91. The molecule has 144 valence electrons. The Labute approximate surface area is 159 Å². The molecule has 8 heteroatoms. The summed E-state index contributed by atoms with van der Waals surface area (Å²) in [6, 6.07) is 9.23. The smallest absolute Gasteiger partial charge is 0.272 e. The molecule has 0 saturated carbocycles. The van der Waals surface area contributed by atoms with E-state index in [0.29, 0.717) is 18.2 Å². The number of nitrogens with one attached hydrogen (secondary N) is 1. The molecule has 0 bridgehead atoms. The minimum absolute atomic E-state index is 0.00714. The summed E-state index contributed by atoms with van der Waals surface area (Å²) in [5, 5.41) is 3.25. The molecule has 1 aromatic heterocycles. The predicted molar refractivity (Wildman–Crippen MR) is 105 cm³/mol. The van der Waals surface area contributed by atoms with E-state index in [4.69, 9.17) is 0 Å². The number of para-hydroxylation sites is 1. The molecule has 1 atom stereocenters. The van der Waals surface area contributed by atoms with Crippen LogP contribution in [0.3, 0.4) is 0 Å². The van der Waals surface area contributed by atoms with Gasteiger partial charge in [-0.05, 0) is 24.0 Å². The highest BCUT2D eigenvalue weighted by Crippen LogP contribution is 2.26. The van der Waals surface area contributed by atoms with E-state index in [1.165, 1.54) is 11.2 Å². The maximum Gasteiger partial charge on any atom is 0.272 e. The Balaban J connectivity index is 1.79. The van der Waals surface area contributed by atoms with Crippen LogP contribution < -0.4 is 5.32 Å². The third-order valence-corrected chi connectivity index (χ3v) is 6.56. The molecule has 1 aromatic carbocycles. The number of carbonyl (C=O) groups is 1. The number of hydrogen-bond donors (Lipinski definition) is 1. The Hall–Kier alpha value is -2.48. The van der Waals surface area contributed by atoms with E-state index in [9.17, 15) is 13.2 Å². The Morgan fingerprint density at radius 1 is 1.26 bits per heavy atom. The SMILES string of the molecule is CC(C)c1ccccc1Nc1cc(C(=O)N(C)C2CCS(=O)(=O)C2)ncn1. The molecule has 1 amide bonds. The molecule has 0 aliphatic carbocycles. The number of benzene rings is 1. The number of rotatable bonds is 5. The number of sulfone groups is 1. The number of nitrogens with zero attached hydrogens (tertiary/aromatic N) is 3. The molecule has 1 unspecified atom stereocenters. The number of amides is 1. The Kier molecular flexibility index (Phi) is 5.46. The maximum absolute atomic E-state index is 12.7. The van der Waals surface area contributed by atoms with Gasteiger partial charge in [-0.3, -0.25) is 4.79 Å². The molecule has 2 heterocycles. The summed E-state index contributed by atoms with van der Waals surface area (Å²) in [6.45, 7) is 4.22. The summed E-state index contributed by atoms with van der Waals surface area (Å²) in [6.07, 6.45) is 1.80. The maximum atomic E-state index is 12.7. The van der Waals surface area contributed by atoms with Gasteiger partial charge in [0.1, 0.15) is 17.8 Å². The van der Waals surface area contributed by atoms with Gasteiger partial charge in [-0.15, -0.1) is 0 Å². The molecule has 1 N–H and O–H groups in total. The van der Waals surface area contributed by atoms with Crippen LogP contribution in [0.1, 0.15) is 42.2 Å².